The maximum atomic E-state index is 11.0. The van der Waals surface area contributed by atoms with Crippen LogP contribution in [0.15, 0.2) is 24.3 Å². The molecule has 0 saturated carbocycles. The molecule has 1 N–H and O–H groups in total. The zero-order valence-electron chi connectivity index (χ0n) is 14.4. The van der Waals surface area contributed by atoms with Crippen molar-refractivity contribution in [3.8, 4) is 23.0 Å². The van der Waals surface area contributed by atoms with Crippen LogP contribution in [0, 0.1) is 0 Å². The largest absolute Gasteiger partial charge is 0.454 e. The lowest BCUT2D eigenvalue weighted by molar-refractivity contribution is 0.0591. The fourth-order valence-electron chi connectivity index (χ4n) is 4.97. The highest BCUT2D eigenvalue weighted by molar-refractivity contribution is 5.58. The Morgan fingerprint density at radius 2 is 1.73 bits per heavy atom. The minimum absolute atomic E-state index is 0.00822. The molecule has 3 aliphatic heterocycles. The Kier molecular flexibility index (Phi) is 2.86. The maximum Gasteiger partial charge on any atom is 0.231 e. The summed E-state index contributed by atoms with van der Waals surface area (Å²) in [4.78, 5) is 2.29. The molecule has 6 heteroatoms. The van der Waals surface area contributed by atoms with E-state index in [1.807, 2.05) is 12.1 Å². The first kappa shape index (κ1) is 14.7. The highest BCUT2D eigenvalue weighted by Gasteiger charge is 2.45. The van der Waals surface area contributed by atoms with E-state index in [0.29, 0.717) is 6.42 Å². The quantitative estimate of drug-likeness (QED) is 0.784. The molecule has 134 valence electrons. The summed E-state index contributed by atoms with van der Waals surface area (Å²) < 4.78 is 22.4. The van der Waals surface area contributed by atoms with Crippen LogP contribution in [0.4, 0.5) is 0 Å². The molecule has 0 radical (unpaired) electrons. The average molecular weight is 353 g/mol. The standard InChI is InChI=1S/C20H19NO5/c1-21-7-13-11(2-3-15-20(13)26-9-23-15)18-14(22)4-10-5-16-17(25-8-24-16)6-12(10)19(18)21/h2-3,5-6,14,18-19,22H,4,7-9H2,1H3/t14?,18-,19+/m0/s1. The van der Waals surface area contributed by atoms with Gasteiger partial charge in [-0.15, -0.1) is 0 Å². The zero-order chi connectivity index (χ0) is 17.4. The molecule has 2 aromatic carbocycles. The van der Waals surface area contributed by atoms with Crippen molar-refractivity contribution in [2.45, 2.75) is 31.0 Å². The third kappa shape index (κ3) is 1.83. The molecule has 4 aliphatic rings. The summed E-state index contributed by atoms with van der Waals surface area (Å²) in [6.07, 6.45) is 0.143. The molecule has 6 nitrogen and oxygen atoms in total. The Morgan fingerprint density at radius 1 is 0.962 bits per heavy atom. The van der Waals surface area contributed by atoms with Gasteiger partial charge in [0.15, 0.2) is 23.0 Å². The van der Waals surface area contributed by atoms with Crippen molar-refractivity contribution in [2.24, 2.45) is 0 Å². The number of likely N-dealkylation sites (N-methyl/N-ethyl adjacent to an activating group) is 1. The third-order valence-corrected chi connectivity index (χ3v) is 6.06. The van der Waals surface area contributed by atoms with Gasteiger partial charge >= 0.3 is 0 Å². The van der Waals surface area contributed by atoms with E-state index in [-0.39, 0.29) is 25.5 Å². The molecule has 2 aromatic rings. The van der Waals surface area contributed by atoms with E-state index >= 15 is 0 Å². The predicted molar refractivity (Wildman–Crippen MR) is 91.8 cm³/mol. The van der Waals surface area contributed by atoms with Crippen molar-refractivity contribution in [3.63, 3.8) is 0 Å². The van der Waals surface area contributed by atoms with E-state index in [1.165, 1.54) is 5.56 Å². The van der Waals surface area contributed by atoms with Crippen LogP contribution in [0.5, 0.6) is 23.0 Å². The van der Waals surface area contributed by atoms with E-state index in [2.05, 4.69) is 24.1 Å². The molecule has 0 aromatic heterocycles. The Morgan fingerprint density at radius 3 is 2.62 bits per heavy atom. The Hall–Kier alpha value is -2.44. The highest BCUT2D eigenvalue weighted by atomic mass is 16.7. The van der Waals surface area contributed by atoms with Crippen LogP contribution in [0.25, 0.3) is 0 Å². The van der Waals surface area contributed by atoms with Gasteiger partial charge in [-0.25, -0.2) is 0 Å². The van der Waals surface area contributed by atoms with Gasteiger partial charge in [-0.1, -0.05) is 6.07 Å². The highest BCUT2D eigenvalue weighted by Crippen LogP contribution is 2.54. The topological polar surface area (TPSA) is 60.4 Å². The average Bonchev–Trinajstić information content (AvgIpc) is 3.28. The van der Waals surface area contributed by atoms with Crippen LogP contribution in [-0.4, -0.2) is 36.7 Å². The van der Waals surface area contributed by atoms with Crippen molar-refractivity contribution >= 4 is 0 Å². The molecule has 1 unspecified atom stereocenters. The fourth-order valence-corrected chi connectivity index (χ4v) is 4.97. The van der Waals surface area contributed by atoms with Crippen molar-refractivity contribution in [1.82, 2.24) is 4.90 Å². The molecule has 3 atom stereocenters. The monoisotopic (exact) mass is 353 g/mol. The number of benzene rings is 2. The Bertz CT molecular complexity index is 925. The Labute approximate surface area is 150 Å². The molecule has 3 heterocycles. The number of hydrogen-bond donors (Lipinski definition) is 1. The fraction of sp³-hybridized carbons (Fsp3) is 0.400. The van der Waals surface area contributed by atoms with Crippen molar-refractivity contribution in [1.29, 1.82) is 0 Å². The van der Waals surface area contributed by atoms with E-state index in [1.54, 1.807) is 0 Å². The van der Waals surface area contributed by atoms with Crippen molar-refractivity contribution < 1.29 is 24.1 Å². The van der Waals surface area contributed by atoms with Gasteiger partial charge in [-0.3, -0.25) is 4.90 Å². The summed E-state index contributed by atoms with van der Waals surface area (Å²) in [5.74, 6) is 3.19. The van der Waals surface area contributed by atoms with Crippen LogP contribution < -0.4 is 18.9 Å². The second-order valence-electron chi connectivity index (χ2n) is 7.43. The van der Waals surface area contributed by atoms with Gasteiger partial charge < -0.3 is 24.1 Å². The Balaban J connectivity index is 1.53. The van der Waals surface area contributed by atoms with Gasteiger partial charge in [-0.05, 0) is 48.4 Å². The van der Waals surface area contributed by atoms with Crippen LogP contribution >= 0.6 is 0 Å². The number of hydrogen-bond acceptors (Lipinski definition) is 6. The molecule has 0 bridgehead atoms. The van der Waals surface area contributed by atoms with E-state index in [4.69, 9.17) is 18.9 Å². The lowest BCUT2D eigenvalue weighted by Gasteiger charge is -2.46. The first-order valence-electron chi connectivity index (χ1n) is 8.93. The lowest BCUT2D eigenvalue weighted by Crippen LogP contribution is -2.43. The summed E-state index contributed by atoms with van der Waals surface area (Å²) >= 11 is 0. The molecule has 26 heavy (non-hydrogen) atoms. The van der Waals surface area contributed by atoms with Gasteiger partial charge in [0.05, 0.1) is 6.10 Å². The second kappa shape index (κ2) is 5.05. The number of aliphatic hydroxyl groups is 1. The van der Waals surface area contributed by atoms with Gasteiger partial charge in [0, 0.05) is 24.1 Å². The van der Waals surface area contributed by atoms with Gasteiger partial charge in [-0.2, -0.15) is 0 Å². The van der Waals surface area contributed by atoms with Crippen LogP contribution in [-0.2, 0) is 13.0 Å². The SMILES string of the molecule is CN1Cc2c(ccc3c2OCO3)[C@H]2C(O)Cc3cc4c(cc3[C@H]21)OCO4. The predicted octanol–water partition coefficient (Wildman–Crippen LogP) is 2.33. The lowest BCUT2D eigenvalue weighted by atomic mass is 9.70. The summed E-state index contributed by atoms with van der Waals surface area (Å²) in [7, 11) is 2.10. The normalized spacial score (nSPS) is 27.7. The molecule has 1 aliphatic carbocycles. The number of aliphatic hydroxyl groups excluding tert-OH is 1. The number of fused-ring (bicyclic) bond motifs is 8. The summed E-state index contributed by atoms with van der Waals surface area (Å²) in [5.41, 5.74) is 4.65. The van der Waals surface area contributed by atoms with E-state index in [0.717, 1.165) is 46.2 Å². The summed E-state index contributed by atoms with van der Waals surface area (Å²) in [6.45, 7) is 1.28. The van der Waals surface area contributed by atoms with E-state index < -0.39 is 6.10 Å². The molecule has 6 rings (SSSR count). The maximum absolute atomic E-state index is 11.0. The minimum atomic E-state index is -0.463. The number of ether oxygens (including phenoxy) is 4. The van der Waals surface area contributed by atoms with E-state index in [9.17, 15) is 5.11 Å². The minimum Gasteiger partial charge on any atom is -0.454 e. The van der Waals surface area contributed by atoms with Crippen LogP contribution in [0.3, 0.4) is 0 Å². The molecule has 0 amide bonds. The van der Waals surface area contributed by atoms with Crippen molar-refractivity contribution in [2.75, 3.05) is 20.6 Å². The zero-order valence-corrected chi connectivity index (χ0v) is 14.4. The molecule has 0 spiro atoms. The van der Waals surface area contributed by atoms with Gasteiger partial charge in [0.1, 0.15) is 0 Å². The first-order valence-corrected chi connectivity index (χ1v) is 8.93. The second-order valence-corrected chi connectivity index (χ2v) is 7.43. The molecular formula is C20H19NO5. The van der Waals surface area contributed by atoms with Crippen LogP contribution in [0.2, 0.25) is 0 Å². The van der Waals surface area contributed by atoms with Crippen molar-refractivity contribution in [3.05, 3.63) is 46.5 Å². The number of nitrogens with zero attached hydrogens (tertiary/aromatic N) is 1. The summed E-state index contributed by atoms with van der Waals surface area (Å²) in [6, 6.07) is 8.27. The number of rotatable bonds is 0. The molecule has 0 fully saturated rings. The molecule has 0 saturated heterocycles. The third-order valence-electron chi connectivity index (χ3n) is 6.06. The van der Waals surface area contributed by atoms with Gasteiger partial charge in [0.25, 0.3) is 0 Å². The first-order chi connectivity index (χ1) is 12.7. The van der Waals surface area contributed by atoms with Crippen LogP contribution in [0.1, 0.15) is 34.2 Å². The van der Waals surface area contributed by atoms with Gasteiger partial charge in [0.2, 0.25) is 13.6 Å². The smallest absolute Gasteiger partial charge is 0.231 e. The summed E-state index contributed by atoms with van der Waals surface area (Å²) in [5, 5.41) is 11.0. The molecular weight excluding hydrogens is 334 g/mol.